The van der Waals surface area contributed by atoms with Crippen LogP contribution in [0.5, 0.6) is 0 Å². The highest BCUT2D eigenvalue weighted by molar-refractivity contribution is 5.97. The second-order valence-electron chi connectivity index (χ2n) is 3.86. The maximum absolute atomic E-state index is 11.0. The summed E-state index contributed by atoms with van der Waals surface area (Å²) in [4.78, 5) is 11.0. The number of carbonyl (C=O) groups is 1. The van der Waals surface area contributed by atoms with Gasteiger partial charge in [-0.15, -0.1) is 0 Å². The third kappa shape index (κ3) is 1.31. The van der Waals surface area contributed by atoms with Gasteiger partial charge in [-0.1, -0.05) is 6.07 Å². The van der Waals surface area contributed by atoms with Crippen LogP contribution in [0.25, 0.3) is 10.9 Å². The van der Waals surface area contributed by atoms with Gasteiger partial charge in [0.1, 0.15) is 0 Å². The van der Waals surface area contributed by atoms with Crippen molar-refractivity contribution in [2.24, 2.45) is 7.05 Å². The average Bonchev–Trinajstić information content (AvgIpc) is 2.43. The molecule has 0 aliphatic carbocycles. The van der Waals surface area contributed by atoms with Crippen LogP contribution in [0.2, 0.25) is 0 Å². The first kappa shape index (κ1) is 9.77. The molecule has 0 aliphatic heterocycles. The highest BCUT2D eigenvalue weighted by Crippen LogP contribution is 2.25. The molecule has 1 aromatic carbocycles. The summed E-state index contributed by atoms with van der Waals surface area (Å²) in [5.74, 6) is -0.867. The molecule has 0 amide bonds. The molecule has 0 saturated carbocycles. The van der Waals surface area contributed by atoms with Gasteiger partial charge in [-0.25, -0.2) is 4.79 Å². The van der Waals surface area contributed by atoms with Gasteiger partial charge in [0.25, 0.3) is 0 Å². The van der Waals surface area contributed by atoms with E-state index in [1.165, 1.54) is 5.56 Å². The lowest BCUT2D eigenvalue weighted by Crippen LogP contribution is -2.01. The molecule has 2 rings (SSSR count). The third-order valence-electron chi connectivity index (χ3n) is 2.83. The van der Waals surface area contributed by atoms with Crippen molar-refractivity contribution in [2.75, 3.05) is 0 Å². The molecule has 78 valence electrons. The lowest BCUT2D eigenvalue weighted by Gasteiger charge is -2.04. The van der Waals surface area contributed by atoms with Gasteiger partial charge in [0.05, 0.1) is 11.1 Å². The van der Waals surface area contributed by atoms with Crippen LogP contribution < -0.4 is 0 Å². The number of aromatic carboxylic acids is 1. The van der Waals surface area contributed by atoms with Gasteiger partial charge >= 0.3 is 5.97 Å². The van der Waals surface area contributed by atoms with E-state index >= 15 is 0 Å². The van der Waals surface area contributed by atoms with Crippen LogP contribution in [0.15, 0.2) is 18.3 Å². The van der Waals surface area contributed by atoms with E-state index in [4.69, 9.17) is 5.11 Å². The Bertz CT molecular complexity index is 552. The van der Waals surface area contributed by atoms with E-state index in [2.05, 4.69) is 0 Å². The highest BCUT2D eigenvalue weighted by atomic mass is 16.4. The Morgan fingerprint density at radius 2 is 2.00 bits per heavy atom. The standard InChI is InChI=1S/C12H13NO2/c1-7-6-13(3)11-8(2)10(12(14)15)5-4-9(7)11/h4-6H,1-3H3,(H,14,15). The first-order valence-corrected chi connectivity index (χ1v) is 4.81. The maximum atomic E-state index is 11.0. The van der Waals surface area contributed by atoms with E-state index in [1.54, 1.807) is 6.07 Å². The van der Waals surface area contributed by atoms with Gasteiger partial charge in [-0.2, -0.15) is 0 Å². The Labute approximate surface area is 87.9 Å². The quantitative estimate of drug-likeness (QED) is 0.773. The van der Waals surface area contributed by atoms with Crippen LogP contribution in [0.3, 0.4) is 0 Å². The monoisotopic (exact) mass is 203 g/mol. The zero-order chi connectivity index (χ0) is 11.2. The number of nitrogens with zero attached hydrogens (tertiary/aromatic N) is 1. The molecule has 3 heteroatoms. The second-order valence-corrected chi connectivity index (χ2v) is 3.86. The van der Waals surface area contributed by atoms with Crippen molar-refractivity contribution in [3.05, 3.63) is 35.0 Å². The van der Waals surface area contributed by atoms with Crippen molar-refractivity contribution in [1.29, 1.82) is 0 Å². The van der Waals surface area contributed by atoms with E-state index in [0.29, 0.717) is 5.56 Å². The van der Waals surface area contributed by atoms with E-state index in [1.807, 2.05) is 37.7 Å². The lowest BCUT2D eigenvalue weighted by molar-refractivity contribution is 0.0696. The summed E-state index contributed by atoms with van der Waals surface area (Å²) in [5, 5.41) is 10.1. The number of rotatable bonds is 1. The molecule has 0 unspecified atom stereocenters. The van der Waals surface area contributed by atoms with Crippen LogP contribution >= 0.6 is 0 Å². The number of fused-ring (bicyclic) bond motifs is 1. The summed E-state index contributed by atoms with van der Waals surface area (Å²) in [6.07, 6.45) is 2.02. The summed E-state index contributed by atoms with van der Waals surface area (Å²) in [6, 6.07) is 3.55. The predicted molar refractivity (Wildman–Crippen MR) is 59.4 cm³/mol. The Kier molecular flexibility index (Phi) is 2.03. The number of benzene rings is 1. The van der Waals surface area contributed by atoms with Gasteiger partial charge in [-0.3, -0.25) is 0 Å². The molecule has 1 N–H and O–H groups in total. The normalized spacial score (nSPS) is 10.9. The Hall–Kier alpha value is -1.77. The van der Waals surface area contributed by atoms with Crippen LogP contribution in [-0.2, 0) is 7.05 Å². The van der Waals surface area contributed by atoms with Gasteiger partial charge < -0.3 is 9.67 Å². The van der Waals surface area contributed by atoms with E-state index < -0.39 is 5.97 Å². The third-order valence-corrected chi connectivity index (χ3v) is 2.83. The summed E-state index contributed by atoms with van der Waals surface area (Å²) in [5.41, 5.74) is 3.39. The number of carboxylic acid groups (broad SMARTS) is 1. The smallest absolute Gasteiger partial charge is 0.336 e. The topological polar surface area (TPSA) is 42.2 Å². The van der Waals surface area contributed by atoms with Crippen molar-refractivity contribution in [1.82, 2.24) is 4.57 Å². The first-order chi connectivity index (χ1) is 7.02. The van der Waals surface area contributed by atoms with Crippen molar-refractivity contribution in [2.45, 2.75) is 13.8 Å². The molecule has 1 aromatic heterocycles. The molecule has 3 nitrogen and oxygen atoms in total. The van der Waals surface area contributed by atoms with Crippen LogP contribution in [-0.4, -0.2) is 15.6 Å². The molecule has 0 atom stereocenters. The molecule has 15 heavy (non-hydrogen) atoms. The summed E-state index contributed by atoms with van der Waals surface area (Å²) in [7, 11) is 1.94. The molecule has 1 heterocycles. The summed E-state index contributed by atoms with van der Waals surface area (Å²) < 4.78 is 1.98. The minimum atomic E-state index is -0.867. The van der Waals surface area contributed by atoms with Crippen LogP contribution in [0, 0.1) is 13.8 Å². The molecular weight excluding hydrogens is 190 g/mol. The van der Waals surface area contributed by atoms with Crippen LogP contribution in [0.1, 0.15) is 21.5 Å². The number of carboxylic acids is 1. The molecule has 0 fully saturated rings. The van der Waals surface area contributed by atoms with Crippen molar-refractivity contribution in [3.63, 3.8) is 0 Å². The van der Waals surface area contributed by atoms with Gasteiger partial charge in [0.15, 0.2) is 0 Å². The molecule has 2 aromatic rings. The van der Waals surface area contributed by atoms with E-state index in [9.17, 15) is 4.79 Å². The zero-order valence-corrected chi connectivity index (χ0v) is 9.03. The summed E-state index contributed by atoms with van der Waals surface area (Å²) in [6.45, 7) is 3.88. The van der Waals surface area contributed by atoms with Gasteiger partial charge in [-0.05, 0) is 31.0 Å². The van der Waals surface area contributed by atoms with Crippen molar-refractivity contribution < 1.29 is 9.90 Å². The largest absolute Gasteiger partial charge is 0.478 e. The number of aromatic nitrogens is 1. The van der Waals surface area contributed by atoms with E-state index in [0.717, 1.165) is 16.5 Å². The Morgan fingerprint density at radius 1 is 1.33 bits per heavy atom. The minimum absolute atomic E-state index is 0.378. The number of hydrogen-bond acceptors (Lipinski definition) is 1. The molecule has 0 spiro atoms. The lowest BCUT2D eigenvalue weighted by atomic mass is 10.0. The molecule has 0 aliphatic rings. The van der Waals surface area contributed by atoms with Crippen molar-refractivity contribution in [3.8, 4) is 0 Å². The second kappa shape index (κ2) is 3.12. The Balaban J connectivity index is 2.89. The maximum Gasteiger partial charge on any atom is 0.336 e. The molecular formula is C12H13NO2. The fraction of sp³-hybridized carbons (Fsp3) is 0.250. The summed E-state index contributed by atoms with van der Waals surface area (Å²) >= 11 is 0. The SMILES string of the molecule is Cc1cn(C)c2c(C)c(C(=O)O)ccc12. The fourth-order valence-electron chi connectivity index (χ4n) is 2.13. The van der Waals surface area contributed by atoms with Gasteiger partial charge in [0, 0.05) is 18.6 Å². The molecule has 0 saturated heterocycles. The number of hydrogen-bond donors (Lipinski definition) is 1. The first-order valence-electron chi connectivity index (χ1n) is 4.81. The predicted octanol–water partition coefficient (Wildman–Crippen LogP) is 2.49. The fourth-order valence-corrected chi connectivity index (χ4v) is 2.13. The van der Waals surface area contributed by atoms with E-state index in [-0.39, 0.29) is 0 Å². The minimum Gasteiger partial charge on any atom is -0.478 e. The zero-order valence-electron chi connectivity index (χ0n) is 9.03. The highest BCUT2D eigenvalue weighted by Gasteiger charge is 2.13. The van der Waals surface area contributed by atoms with Gasteiger partial charge in [0.2, 0.25) is 0 Å². The molecule has 0 radical (unpaired) electrons. The number of aryl methyl sites for hydroxylation is 3. The average molecular weight is 203 g/mol. The van der Waals surface area contributed by atoms with Crippen molar-refractivity contribution >= 4 is 16.9 Å². The Morgan fingerprint density at radius 3 is 2.60 bits per heavy atom. The van der Waals surface area contributed by atoms with Crippen LogP contribution in [0.4, 0.5) is 0 Å². The molecule has 0 bridgehead atoms.